The van der Waals surface area contributed by atoms with Crippen molar-refractivity contribution in [2.75, 3.05) is 19.7 Å². The SMILES string of the molecule is O=C(CCc1ccc(S(=O)(=O)N2CCCC2)cc1)OCC1CC=CCC1. The standard InChI is InChI=1S/C20H27NO4S/c22-20(25-16-18-6-2-1-3-7-18)13-10-17-8-11-19(12-9-17)26(23,24)21-14-4-5-15-21/h1-2,8-9,11-12,18H,3-7,10,13-16H2. The summed E-state index contributed by atoms with van der Waals surface area (Å²) >= 11 is 0. The van der Waals surface area contributed by atoms with Gasteiger partial charge in [0.05, 0.1) is 11.5 Å². The minimum atomic E-state index is -3.37. The van der Waals surface area contributed by atoms with E-state index in [0.717, 1.165) is 37.7 Å². The zero-order valence-corrected chi connectivity index (χ0v) is 15.9. The highest BCUT2D eigenvalue weighted by molar-refractivity contribution is 7.89. The van der Waals surface area contributed by atoms with Crippen LogP contribution in [0, 0.1) is 5.92 Å². The molecule has 0 saturated carbocycles. The molecule has 1 aromatic rings. The Hall–Kier alpha value is -1.66. The van der Waals surface area contributed by atoms with Crippen molar-refractivity contribution in [3.8, 4) is 0 Å². The number of nitrogens with zero attached hydrogens (tertiary/aromatic N) is 1. The van der Waals surface area contributed by atoms with Crippen LogP contribution in [0.15, 0.2) is 41.3 Å². The van der Waals surface area contributed by atoms with Crippen LogP contribution in [0.4, 0.5) is 0 Å². The van der Waals surface area contributed by atoms with Gasteiger partial charge in [-0.25, -0.2) is 8.42 Å². The number of carbonyl (C=O) groups is 1. The van der Waals surface area contributed by atoms with Gasteiger partial charge in [-0.2, -0.15) is 4.31 Å². The zero-order chi connectivity index (χ0) is 18.4. The number of aryl methyl sites for hydroxylation is 1. The molecule has 0 amide bonds. The molecule has 1 unspecified atom stereocenters. The van der Waals surface area contributed by atoms with Crippen molar-refractivity contribution in [2.24, 2.45) is 5.92 Å². The lowest BCUT2D eigenvalue weighted by Crippen LogP contribution is -2.27. The molecule has 1 atom stereocenters. The first kappa shape index (κ1) is 19.1. The van der Waals surface area contributed by atoms with Crippen LogP contribution in [0.2, 0.25) is 0 Å². The summed E-state index contributed by atoms with van der Waals surface area (Å²) in [6.45, 7) is 1.70. The van der Waals surface area contributed by atoms with Gasteiger partial charge in [-0.1, -0.05) is 24.3 Å². The summed E-state index contributed by atoms with van der Waals surface area (Å²) in [6, 6.07) is 6.87. The topological polar surface area (TPSA) is 63.7 Å². The maximum atomic E-state index is 12.5. The number of ether oxygens (including phenoxy) is 1. The quantitative estimate of drug-likeness (QED) is 0.540. The second-order valence-electron chi connectivity index (χ2n) is 7.09. The van der Waals surface area contributed by atoms with Gasteiger partial charge in [0.15, 0.2) is 0 Å². The monoisotopic (exact) mass is 377 g/mol. The molecule has 1 aliphatic heterocycles. The molecule has 0 bridgehead atoms. The van der Waals surface area contributed by atoms with E-state index in [-0.39, 0.29) is 5.97 Å². The van der Waals surface area contributed by atoms with Crippen molar-refractivity contribution < 1.29 is 17.9 Å². The highest BCUT2D eigenvalue weighted by atomic mass is 32.2. The number of allylic oxidation sites excluding steroid dienone is 2. The molecule has 1 aliphatic carbocycles. The molecular formula is C20H27NO4S. The maximum Gasteiger partial charge on any atom is 0.306 e. The van der Waals surface area contributed by atoms with Gasteiger partial charge in [-0.05, 0) is 62.1 Å². The normalized spacial score (nSPS) is 21.0. The minimum absolute atomic E-state index is 0.187. The summed E-state index contributed by atoms with van der Waals surface area (Å²) in [5.74, 6) is 0.257. The fourth-order valence-electron chi connectivity index (χ4n) is 3.44. The van der Waals surface area contributed by atoms with Crippen LogP contribution in [0.25, 0.3) is 0 Å². The average Bonchev–Trinajstić information content (AvgIpc) is 3.21. The number of esters is 1. The van der Waals surface area contributed by atoms with Crippen LogP contribution >= 0.6 is 0 Å². The summed E-state index contributed by atoms with van der Waals surface area (Å²) in [5, 5.41) is 0. The Kier molecular flexibility index (Phi) is 6.48. The molecular weight excluding hydrogens is 350 g/mol. The molecule has 0 N–H and O–H groups in total. The summed E-state index contributed by atoms with van der Waals surface area (Å²) < 4.78 is 31.9. The largest absolute Gasteiger partial charge is 0.465 e. The smallest absolute Gasteiger partial charge is 0.306 e. The van der Waals surface area contributed by atoms with Gasteiger partial charge in [-0.15, -0.1) is 0 Å². The van der Waals surface area contributed by atoms with E-state index >= 15 is 0 Å². The Morgan fingerprint density at radius 1 is 1.12 bits per heavy atom. The second kappa shape index (κ2) is 8.82. The highest BCUT2D eigenvalue weighted by Crippen LogP contribution is 2.22. The lowest BCUT2D eigenvalue weighted by molar-refractivity contribution is -0.145. The third-order valence-electron chi connectivity index (χ3n) is 5.10. The molecule has 142 valence electrons. The summed E-state index contributed by atoms with van der Waals surface area (Å²) in [5.41, 5.74) is 0.947. The number of hydrogen-bond acceptors (Lipinski definition) is 4. The van der Waals surface area contributed by atoms with Crippen molar-refractivity contribution in [1.29, 1.82) is 0 Å². The van der Waals surface area contributed by atoms with Crippen LogP contribution in [0.1, 0.15) is 44.1 Å². The van der Waals surface area contributed by atoms with Gasteiger partial charge in [0.1, 0.15) is 0 Å². The first-order chi connectivity index (χ1) is 12.6. The average molecular weight is 378 g/mol. The second-order valence-corrected chi connectivity index (χ2v) is 9.03. The number of carbonyl (C=O) groups excluding carboxylic acids is 1. The number of rotatable bonds is 7. The van der Waals surface area contributed by atoms with Gasteiger partial charge in [0.2, 0.25) is 10.0 Å². The Morgan fingerprint density at radius 2 is 1.85 bits per heavy atom. The Balaban J connectivity index is 1.46. The lowest BCUT2D eigenvalue weighted by Gasteiger charge is -2.17. The molecule has 0 aromatic heterocycles. The zero-order valence-electron chi connectivity index (χ0n) is 15.1. The lowest BCUT2D eigenvalue weighted by atomic mass is 9.95. The van der Waals surface area contributed by atoms with Crippen LogP contribution in [-0.4, -0.2) is 38.4 Å². The molecule has 3 rings (SSSR count). The molecule has 0 spiro atoms. The molecule has 1 fully saturated rings. The van der Waals surface area contributed by atoms with Crippen LogP contribution in [0.3, 0.4) is 0 Å². The molecule has 6 heteroatoms. The van der Waals surface area contributed by atoms with Crippen molar-refractivity contribution in [1.82, 2.24) is 4.31 Å². The molecule has 1 saturated heterocycles. The van der Waals surface area contributed by atoms with E-state index in [9.17, 15) is 13.2 Å². The predicted molar refractivity (Wildman–Crippen MR) is 100 cm³/mol. The van der Waals surface area contributed by atoms with Crippen molar-refractivity contribution in [2.45, 2.75) is 49.8 Å². The number of sulfonamides is 1. The summed E-state index contributed by atoms with van der Waals surface area (Å²) in [6.07, 6.45) is 10.2. The van der Waals surface area contributed by atoms with E-state index in [0.29, 0.717) is 43.4 Å². The Bertz CT molecular complexity index is 734. The van der Waals surface area contributed by atoms with Gasteiger partial charge in [-0.3, -0.25) is 4.79 Å². The summed E-state index contributed by atoms with van der Waals surface area (Å²) in [4.78, 5) is 12.2. The van der Waals surface area contributed by atoms with Crippen LogP contribution in [-0.2, 0) is 26.0 Å². The first-order valence-corrected chi connectivity index (χ1v) is 10.9. The molecule has 5 nitrogen and oxygen atoms in total. The molecule has 26 heavy (non-hydrogen) atoms. The van der Waals surface area contributed by atoms with Crippen molar-refractivity contribution >= 4 is 16.0 Å². The van der Waals surface area contributed by atoms with Gasteiger partial charge in [0, 0.05) is 19.5 Å². The Labute approximate surface area is 156 Å². The van der Waals surface area contributed by atoms with E-state index in [1.54, 1.807) is 28.6 Å². The van der Waals surface area contributed by atoms with E-state index in [2.05, 4.69) is 12.2 Å². The Morgan fingerprint density at radius 3 is 2.50 bits per heavy atom. The van der Waals surface area contributed by atoms with Crippen molar-refractivity contribution in [3.05, 3.63) is 42.0 Å². The third kappa shape index (κ3) is 4.95. The summed E-state index contributed by atoms with van der Waals surface area (Å²) in [7, 11) is -3.37. The molecule has 0 radical (unpaired) electrons. The van der Waals surface area contributed by atoms with E-state index in [4.69, 9.17) is 4.74 Å². The fourth-order valence-corrected chi connectivity index (χ4v) is 4.96. The van der Waals surface area contributed by atoms with Gasteiger partial charge >= 0.3 is 5.97 Å². The van der Waals surface area contributed by atoms with Crippen LogP contribution in [0.5, 0.6) is 0 Å². The van der Waals surface area contributed by atoms with E-state index < -0.39 is 10.0 Å². The number of benzene rings is 1. The first-order valence-electron chi connectivity index (χ1n) is 9.45. The van der Waals surface area contributed by atoms with Gasteiger partial charge in [0.25, 0.3) is 0 Å². The fraction of sp³-hybridized carbons (Fsp3) is 0.550. The van der Waals surface area contributed by atoms with E-state index in [1.807, 2.05) is 0 Å². The van der Waals surface area contributed by atoms with Gasteiger partial charge < -0.3 is 4.74 Å². The number of hydrogen-bond donors (Lipinski definition) is 0. The van der Waals surface area contributed by atoms with Crippen molar-refractivity contribution in [3.63, 3.8) is 0 Å². The maximum absolute atomic E-state index is 12.5. The molecule has 2 aliphatic rings. The third-order valence-corrected chi connectivity index (χ3v) is 7.01. The van der Waals surface area contributed by atoms with Crippen LogP contribution < -0.4 is 0 Å². The molecule has 1 heterocycles. The molecule has 1 aromatic carbocycles. The predicted octanol–water partition coefficient (Wildman–Crippen LogP) is 3.30. The van der Waals surface area contributed by atoms with E-state index in [1.165, 1.54) is 0 Å². The highest BCUT2D eigenvalue weighted by Gasteiger charge is 2.26. The minimum Gasteiger partial charge on any atom is -0.465 e.